The fourth-order valence-corrected chi connectivity index (χ4v) is 1.34. The highest BCUT2D eigenvalue weighted by Gasteiger charge is 2.14. The molecule has 0 radical (unpaired) electrons. The van der Waals surface area contributed by atoms with Gasteiger partial charge in [-0.2, -0.15) is 0 Å². The van der Waals surface area contributed by atoms with Crippen molar-refractivity contribution in [1.29, 1.82) is 0 Å². The van der Waals surface area contributed by atoms with Crippen molar-refractivity contribution in [1.82, 2.24) is 4.90 Å². The molecule has 16 heavy (non-hydrogen) atoms. The quantitative estimate of drug-likeness (QED) is 0.787. The van der Waals surface area contributed by atoms with Crippen molar-refractivity contribution in [2.24, 2.45) is 0 Å². The lowest BCUT2D eigenvalue weighted by atomic mass is 10.3. The predicted molar refractivity (Wildman–Crippen MR) is 61.9 cm³/mol. The second kappa shape index (κ2) is 6.00. The standard InChI is InChI=1S/C12H17NO3/c1-4-13(5-2)12(14)16-11-9-7-6-8-10(11)15-3/h6-9H,4-5H2,1-3H3. The highest BCUT2D eigenvalue weighted by molar-refractivity contribution is 5.71. The summed E-state index contributed by atoms with van der Waals surface area (Å²) < 4.78 is 10.3. The molecule has 0 saturated heterocycles. The van der Waals surface area contributed by atoms with E-state index in [9.17, 15) is 4.79 Å². The summed E-state index contributed by atoms with van der Waals surface area (Å²) in [6.07, 6.45) is -0.352. The lowest BCUT2D eigenvalue weighted by Gasteiger charge is -2.18. The molecule has 0 aliphatic rings. The van der Waals surface area contributed by atoms with Crippen LogP contribution in [-0.4, -0.2) is 31.2 Å². The molecule has 0 fully saturated rings. The maximum atomic E-state index is 11.7. The minimum atomic E-state index is -0.352. The first-order valence-corrected chi connectivity index (χ1v) is 5.32. The van der Waals surface area contributed by atoms with Gasteiger partial charge in [-0.15, -0.1) is 0 Å². The molecule has 1 aromatic rings. The van der Waals surface area contributed by atoms with Crippen LogP contribution in [0.3, 0.4) is 0 Å². The molecule has 1 aromatic carbocycles. The van der Waals surface area contributed by atoms with Gasteiger partial charge in [-0.3, -0.25) is 0 Å². The zero-order valence-electron chi connectivity index (χ0n) is 9.90. The van der Waals surface area contributed by atoms with Gasteiger partial charge in [0.15, 0.2) is 11.5 Å². The number of hydrogen-bond donors (Lipinski definition) is 0. The van der Waals surface area contributed by atoms with E-state index in [0.29, 0.717) is 24.6 Å². The first kappa shape index (κ1) is 12.4. The normalized spacial score (nSPS) is 9.69. The third-order valence-electron chi connectivity index (χ3n) is 2.29. The molecule has 0 atom stereocenters. The van der Waals surface area contributed by atoms with Crippen LogP contribution in [0.15, 0.2) is 24.3 Å². The van der Waals surface area contributed by atoms with Crippen molar-refractivity contribution in [2.45, 2.75) is 13.8 Å². The van der Waals surface area contributed by atoms with Crippen LogP contribution in [0, 0.1) is 0 Å². The highest BCUT2D eigenvalue weighted by atomic mass is 16.6. The Kier molecular flexibility index (Phi) is 4.64. The van der Waals surface area contributed by atoms with Crippen molar-refractivity contribution < 1.29 is 14.3 Å². The summed E-state index contributed by atoms with van der Waals surface area (Å²) in [4.78, 5) is 13.3. The van der Waals surface area contributed by atoms with Crippen LogP contribution in [-0.2, 0) is 0 Å². The average molecular weight is 223 g/mol. The Labute approximate surface area is 95.8 Å². The van der Waals surface area contributed by atoms with Gasteiger partial charge in [-0.1, -0.05) is 12.1 Å². The summed E-state index contributed by atoms with van der Waals surface area (Å²) in [6.45, 7) is 5.08. The molecular formula is C12H17NO3. The number of ether oxygens (including phenoxy) is 2. The molecular weight excluding hydrogens is 206 g/mol. The number of carbonyl (C=O) groups excluding carboxylic acids is 1. The molecule has 4 heteroatoms. The number of nitrogens with zero attached hydrogens (tertiary/aromatic N) is 1. The highest BCUT2D eigenvalue weighted by Crippen LogP contribution is 2.26. The number of benzene rings is 1. The lowest BCUT2D eigenvalue weighted by molar-refractivity contribution is 0.155. The summed E-state index contributed by atoms with van der Waals surface area (Å²) in [5.74, 6) is 1.00. The molecule has 0 N–H and O–H groups in total. The third-order valence-corrected chi connectivity index (χ3v) is 2.29. The Morgan fingerprint density at radius 1 is 1.19 bits per heavy atom. The molecule has 0 aliphatic carbocycles. The van der Waals surface area contributed by atoms with Crippen molar-refractivity contribution in [3.63, 3.8) is 0 Å². The van der Waals surface area contributed by atoms with Gasteiger partial charge in [0.05, 0.1) is 7.11 Å². The Morgan fingerprint density at radius 3 is 2.25 bits per heavy atom. The predicted octanol–water partition coefficient (Wildman–Crippen LogP) is 2.54. The summed E-state index contributed by atoms with van der Waals surface area (Å²) in [5, 5.41) is 0. The number of carbonyl (C=O) groups is 1. The van der Waals surface area contributed by atoms with Crippen LogP contribution in [0.5, 0.6) is 11.5 Å². The second-order valence-corrected chi connectivity index (χ2v) is 3.19. The van der Waals surface area contributed by atoms with E-state index < -0.39 is 0 Å². The van der Waals surface area contributed by atoms with Crippen molar-refractivity contribution in [3.05, 3.63) is 24.3 Å². The summed E-state index contributed by atoms with van der Waals surface area (Å²) in [7, 11) is 1.55. The van der Waals surface area contributed by atoms with E-state index in [1.54, 1.807) is 30.2 Å². The topological polar surface area (TPSA) is 38.8 Å². The van der Waals surface area contributed by atoms with Gasteiger partial charge in [0.25, 0.3) is 0 Å². The Balaban J connectivity index is 2.76. The fourth-order valence-electron chi connectivity index (χ4n) is 1.34. The van der Waals surface area contributed by atoms with Crippen LogP contribution in [0.25, 0.3) is 0 Å². The van der Waals surface area contributed by atoms with Gasteiger partial charge in [0, 0.05) is 13.1 Å². The number of rotatable bonds is 4. The molecule has 0 saturated carbocycles. The number of amides is 1. The van der Waals surface area contributed by atoms with Crippen LogP contribution >= 0.6 is 0 Å². The monoisotopic (exact) mass is 223 g/mol. The zero-order chi connectivity index (χ0) is 12.0. The largest absolute Gasteiger partial charge is 0.493 e. The van der Waals surface area contributed by atoms with Gasteiger partial charge in [-0.25, -0.2) is 4.79 Å². The maximum Gasteiger partial charge on any atom is 0.415 e. The maximum absolute atomic E-state index is 11.7. The second-order valence-electron chi connectivity index (χ2n) is 3.19. The van der Waals surface area contributed by atoms with Crippen LogP contribution in [0.4, 0.5) is 4.79 Å². The molecule has 0 bridgehead atoms. The molecule has 1 rings (SSSR count). The smallest absolute Gasteiger partial charge is 0.415 e. The van der Waals surface area contributed by atoms with Gasteiger partial charge < -0.3 is 14.4 Å². The Bertz CT molecular complexity index is 348. The van der Waals surface area contributed by atoms with E-state index >= 15 is 0 Å². The summed E-state index contributed by atoms with van der Waals surface area (Å²) in [6, 6.07) is 7.09. The van der Waals surface area contributed by atoms with Gasteiger partial charge in [0.2, 0.25) is 0 Å². The van der Waals surface area contributed by atoms with E-state index in [1.807, 2.05) is 19.9 Å². The lowest BCUT2D eigenvalue weighted by Crippen LogP contribution is -2.33. The van der Waals surface area contributed by atoms with Gasteiger partial charge in [0.1, 0.15) is 0 Å². The van der Waals surface area contributed by atoms with Crippen molar-refractivity contribution in [3.8, 4) is 11.5 Å². The van der Waals surface area contributed by atoms with E-state index in [-0.39, 0.29) is 6.09 Å². The van der Waals surface area contributed by atoms with E-state index in [0.717, 1.165) is 0 Å². The van der Waals surface area contributed by atoms with Crippen LogP contribution in [0.1, 0.15) is 13.8 Å². The van der Waals surface area contributed by atoms with Gasteiger partial charge in [-0.05, 0) is 26.0 Å². The minimum absolute atomic E-state index is 0.352. The molecule has 4 nitrogen and oxygen atoms in total. The number of hydrogen-bond acceptors (Lipinski definition) is 3. The number of methoxy groups -OCH3 is 1. The van der Waals surface area contributed by atoms with Crippen LogP contribution in [0.2, 0.25) is 0 Å². The molecule has 0 aliphatic heterocycles. The SMILES string of the molecule is CCN(CC)C(=O)Oc1ccccc1OC. The minimum Gasteiger partial charge on any atom is -0.493 e. The Hall–Kier alpha value is -1.71. The molecule has 88 valence electrons. The fraction of sp³-hybridized carbons (Fsp3) is 0.417. The van der Waals surface area contributed by atoms with E-state index in [4.69, 9.17) is 9.47 Å². The van der Waals surface area contributed by atoms with Crippen LogP contribution < -0.4 is 9.47 Å². The van der Waals surface area contributed by atoms with Crippen molar-refractivity contribution in [2.75, 3.05) is 20.2 Å². The molecule has 0 heterocycles. The molecule has 0 unspecified atom stereocenters. The molecule has 1 amide bonds. The molecule has 0 aromatic heterocycles. The summed E-state index contributed by atoms with van der Waals surface area (Å²) in [5.41, 5.74) is 0. The van der Waals surface area contributed by atoms with Crippen molar-refractivity contribution >= 4 is 6.09 Å². The molecule has 0 spiro atoms. The third kappa shape index (κ3) is 2.89. The average Bonchev–Trinajstić information content (AvgIpc) is 2.31. The van der Waals surface area contributed by atoms with E-state index in [1.165, 1.54) is 0 Å². The van der Waals surface area contributed by atoms with E-state index in [2.05, 4.69) is 0 Å². The first-order chi connectivity index (χ1) is 7.72. The zero-order valence-corrected chi connectivity index (χ0v) is 9.90. The number of para-hydroxylation sites is 2. The Morgan fingerprint density at radius 2 is 1.75 bits per heavy atom. The van der Waals surface area contributed by atoms with Gasteiger partial charge >= 0.3 is 6.09 Å². The summed E-state index contributed by atoms with van der Waals surface area (Å²) >= 11 is 0. The first-order valence-electron chi connectivity index (χ1n) is 5.32.